The summed E-state index contributed by atoms with van der Waals surface area (Å²) >= 11 is 0. The first kappa shape index (κ1) is 25.3. The molecule has 3 aromatic heterocycles. The highest BCUT2D eigenvalue weighted by Gasteiger charge is 2.21. The van der Waals surface area contributed by atoms with Gasteiger partial charge in [0.1, 0.15) is 11.4 Å². The molecule has 2 aromatic carbocycles. The molecule has 5 aromatic rings. The van der Waals surface area contributed by atoms with Gasteiger partial charge in [0.05, 0.1) is 49.3 Å². The topological polar surface area (TPSA) is 117 Å². The number of methoxy groups -OCH3 is 2. The largest absolute Gasteiger partial charge is 0.497 e. The minimum atomic E-state index is -3.55. The number of hydrogen-bond donors (Lipinski definition) is 1. The molecule has 1 atom stereocenters. The quantitative estimate of drug-likeness (QED) is 0.337. The Morgan fingerprint density at radius 3 is 2.34 bits per heavy atom. The molecule has 0 aliphatic carbocycles. The Balaban J connectivity index is 1.72. The molecule has 1 N–H and O–H groups in total. The minimum Gasteiger partial charge on any atom is -0.497 e. The maximum atomic E-state index is 13.5. The third kappa shape index (κ3) is 4.45. The number of nitrogens with one attached hydrogen (secondary N) is 1. The average molecular weight is 534 g/mol. The fourth-order valence-electron chi connectivity index (χ4n) is 4.64. The maximum absolute atomic E-state index is 13.5. The van der Waals surface area contributed by atoms with Crippen molar-refractivity contribution in [3.63, 3.8) is 0 Å². The van der Waals surface area contributed by atoms with E-state index >= 15 is 0 Å². The van der Waals surface area contributed by atoms with Crippen LogP contribution in [0.1, 0.15) is 18.5 Å². The van der Waals surface area contributed by atoms with Gasteiger partial charge in [0.25, 0.3) is 0 Å². The smallest absolute Gasteiger partial charge is 0.329 e. The van der Waals surface area contributed by atoms with Crippen molar-refractivity contribution in [1.82, 2.24) is 19.1 Å². The number of rotatable bonds is 7. The molecule has 10 nitrogen and oxygen atoms in total. The fourth-order valence-corrected chi connectivity index (χ4v) is 5.19. The Labute approximate surface area is 219 Å². The van der Waals surface area contributed by atoms with Crippen molar-refractivity contribution in [2.75, 3.05) is 25.2 Å². The van der Waals surface area contributed by atoms with Crippen molar-refractivity contribution in [1.29, 1.82) is 0 Å². The molecule has 38 heavy (non-hydrogen) atoms. The van der Waals surface area contributed by atoms with Crippen LogP contribution in [0.25, 0.3) is 33.1 Å². The van der Waals surface area contributed by atoms with E-state index in [1.807, 2.05) is 49.4 Å². The zero-order valence-electron chi connectivity index (χ0n) is 21.6. The number of benzene rings is 2. The van der Waals surface area contributed by atoms with Crippen LogP contribution in [0.15, 0.2) is 65.7 Å². The second-order valence-corrected chi connectivity index (χ2v) is 10.8. The van der Waals surface area contributed by atoms with E-state index in [1.54, 1.807) is 41.8 Å². The van der Waals surface area contributed by atoms with Crippen molar-refractivity contribution in [3.05, 3.63) is 77.0 Å². The van der Waals surface area contributed by atoms with E-state index in [9.17, 15) is 13.2 Å². The molecule has 0 saturated carbocycles. The highest BCUT2D eigenvalue weighted by atomic mass is 32.2. The van der Waals surface area contributed by atoms with Crippen molar-refractivity contribution < 1.29 is 17.9 Å². The molecule has 5 rings (SSSR count). The lowest BCUT2D eigenvalue weighted by Crippen LogP contribution is -2.25. The van der Waals surface area contributed by atoms with Crippen LogP contribution in [-0.2, 0) is 17.1 Å². The zero-order chi connectivity index (χ0) is 27.2. The number of sulfonamides is 1. The van der Waals surface area contributed by atoms with E-state index in [1.165, 1.54) is 7.11 Å². The number of fused-ring (bicyclic) bond motifs is 3. The first-order valence-electron chi connectivity index (χ1n) is 11.8. The molecule has 0 saturated heterocycles. The van der Waals surface area contributed by atoms with Crippen LogP contribution in [0.5, 0.6) is 11.6 Å². The Bertz CT molecular complexity index is 1840. The molecular formula is C27H27N5O5S. The summed E-state index contributed by atoms with van der Waals surface area (Å²) in [4.78, 5) is 22.3. The molecule has 0 aliphatic heterocycles. The van der Waals surface area contributed by atoms with Crippen LogP contribution in [-0.4, -0.2) is 48.0 Å². The third-order valence-corrected chi connectivity index (χ3v) is 7.16. The molecule has 0 radical (unpaired) electrons. The van der Waals surface area contributed by atoms with Crippen molar-refractivity contribution in [3.8, 4) is 22.8 Å². The fraction of sp³-hybridized carbons (Fsp3) is 0.222. The highest BCUT2D eigenvalue weighted by Crippen LogP contribution is 2.33. The van der Waals surface area contributed by atoms with Crippen molar-refractivity contribution in [2.45, 2.75) is 13.0 Å². The first-order chi connectivity index (χ1) is 18.1. The normalized spacial score (nSPS) is 12.6. The van der Waals surface area contributed by atoms with Crippen LogP contribution in [0, 0.1) is 0 Å². The summed E-state index contributed by atoms with van der Waals surface area (Å²) in [6.45, 7) is 1.98. The number of ether oxygens (including phenoxy) is 2. The lowest BCUT2D eigenvalue weighted by Gasteiger charge is -2.16. The van der Waals surface area contributed by atoms with Crippen LogP contribution >= 0.6 is 0 Å². The van der Waals surface area contributed by atoms with Gasteiger partial charge in [-0.2, -0.15) is 0 Å². The predicted octanol–water partition coefficient (Wildman–Crippen LogP) is 3.95. The van der Waals surface area contributed by atoms with E-state index in [0.29, 0.717) is 11.1 Å². The highest BCUT2D eigenvalue weighted by molar-refractivity contribution is 7.92. The number of imidazole rings is 1. The van der Waals surface area contributed by atoms with Gasteiger partial charge in [-0.1, -0.05) is 18.2 Å². The SMILES string of the molecule is COc1ccc([C@@H](C)n2c(=O)n(C)c3cnc4ccc(-c5cnc(OC)c(NS(C)(=O)=O)c5)cc4c32)cc1. The van der Waals surface area contributed by atoms with Gasteiger partial charge in [0, 0.05) is 24.2 Å². The van der Waals surface area contributed by atoms with Crippen LogP contribution in [0.4, 0.5) is 5.69 Å². The zero-order valence-corrected chi connectivity index (χ0v) is 22.4. The Hall–Kier alpha value is -4.38. The van der Waals surface area contributed by atoms with E-state index in [4.69, 9.17) is 9.47 Å². The molecule has 196 valence electrons. The predicted molar refractivity (Wildman–Crippen MR) is 148 cm³/mol. The summed E-state index contributed by atoms with van der Waals surface area (Å²) in [5.41, 5.74) is 4.65. The molecular weight excluding hydrogens is 506 g/mol. The van der Waals surface area contributed by atoms with Crippen molar-refractivity contribution in [2.24, 2.45) is 7.05 Å². The lowest BCUT2D eigenvalue weighted by molar-refractivity contribution is 0.400. The summed E-state index contributed by atoms with van der Waals surface area (Å²) in [7, 11) is 1.22. The number of aryl methyl sites for hydroxylation is 1. The standard InChI is InChI=1S/C27H27N5O5S/c1-16(17-6-9-20(36-3)10-7-17)32-25-21-12-18(8-11-22(21)28-15-24(25)31(2)27(32)33)19-13-23(30-38(5,34)35)26(37-4)29-14-19/h6-16,30H,1-5H3/t16-/m1/s1. The monoisotopic (exact) mass is 533 g/mol. The number of hydrogen-bond acceptors (Lipinski definition) is 7. The molecule has 0 spiro atoms. The second-order valence-electron chi connectivity index (χ2n) is 9.04. The summed E-state index contributed by atoms with van der Waals surface area (Å²) in [6, 6.07) is 14.7. The summed E-state index contributed by atoms with van der Waals surface area (Å²) in [5.74, 6) is 0.901. The van der Waals surface area contributed by atoms with Crippen LogP contribution < -0.4 is 19.9 Å². The Kier molecular flexibility index (Phi) is 6.31. The van der Waals surface area contributed by atoms with E-state index < -0.39 is 10.0 Å². The van der Waals surface area contributed by atoms with E-state index in [2.05, 4.69) is 14.7 Å². The average Bonchev–Trinajstić information content (AvgIpc) is 3.17. The van der Waals surface area contributed by atoms with Gasteiger partial charge in [-0.3, -0.25) is 18.8 Å². The number of pyridine rings is 2. The molecule has 0 amide bonds. The lowest BCUT2D eigenvalue weighted by atomic mass is 10.0. The van der Waals surface area contributed by atoms with Gasteiger partial charge in [0.15, 0.2) is 0 Å². The van der Waals surface area contributed by atoms with E-state index in [-0.39, 0.29) is 23.3 Å². The van der Waals surface area contributed by atoms with Gasteiger partial charge >= 0.3 is 5.69 Å². The maximum Gasteiger partial charge on any atom is 0.329 e. The third-order valence-electron chi connectivity index (χ3n) is 6.57. The summed E-state index contributed by atoms with van der Waals surface area (Å²) < 4.78 is 40.1. The van der Waals surface area contributed by atoms with Gasteiger partial charge in [-0.05, 0) is 48.4 Å². The molecule has 0 bridgehead atoms. The second kappa shape index (κ2) is 9.49. The Morgan fingerprint density at radius 1 is 0.947 bits per heavy atom. The molecule has 0 fully saturated rings. The van der Waals surface area contributed by atoms with Crippen LogP contribution in [0.3, 0.4) is 0 Å². The molecule has 0 aliphatic rings. The van der Waals surface area contributed by atoms with Crippen LogP contribution in [0.2, 0.25) is 0 Å². The van der Waals surface area contributed by atoms with Gasteiger partial charge in [-0.25, -0.2) is 18.2 Å². The number of anilines is 1. The van der Waals surface area contributed by atoms with Gasteiger partial charge < -0.3 is 9.47 Å². The molecule has 0 unspecified atom stereocenters. The molecule has 3 heterocycles. The van der Waals surface area contributed by atoms with Gasteiger partial charge in [-0.15, -0.1) is 0 Å². The number of nitrogens with zero attached hydrogens (tertiary/aromatic N) is 4. The molecule has 11 heteroatoms. The Morgan fingerprint density at radius 2 is 1.68 bits per heavy atom. The summed E-state index contributed by atoms with van der Waals surface area (Å²) in [5, 5.41) is 0.784. The van der Waals surface area contributed by atoms with Crippen molar-refractivity contribution >= 4 is 37.6 Å². The van der Waals surface area contributed by atoms with E-state index in [0.717, 1.165) is 39.6 Å². The number of aromatic nitrogens is 4. The minimum absolute atomic E-state index is 0.159. The van der Waals surface area contributed by atoms with Gasteiger partial charge in [0.2, 0.25) is 15.9 Å². The summed E-state index contributed by atoms with van der Waals surface area (Å²) in [6.07, 6.45) is 4.38. The first-order valence-corrected chi connectivity index (χ1v) is 13.7.